The molecule has 21 heavy (non-hydrogen) atoms. The van der Waals surface area contributed by atoms with Crippen LogP contribution in [0.5, 0.6) is 0 Å². The lowest BCUT2D eigenvalue weighted by Gasteiger charge is -2.45. The van der Waals surface area contributed by atoms with E-state index in [-0.39, 0.29) is 10.7 Å². The predicted octanol–water partition coefficient (Wildman–Crippen LogP) is 3.64. The summed E-state index contributed by atoms with van der Waals surface area (Å²) < 4.78 is 24.2. The maximum atomic E-state index is 12.1. The van der Waals surface area contributed by atoms with Gasteiger partial charge in [-0.25, -0.2) is 8.42 Å². The van der Waals surface area contributed by atoms with Crippen LogP contribution in [-0.4, -0.2) is 32.0 Å². The van der Waals surface area contributed by atoms with Gasteiger partial charge in [0.2, 0.25) is 0 Å². The van der Waals surface area contributed by atoms with Gasteiger partial charge >= 0.3 is 0 Å². The summed E-state index contributed by atoms with van der Waals surface area (Å²) in [6.07, 6.45) is 4.48. The Morgan fingerprint density at radius 2 is 1.86 bits per heavy atom. The molecule has 0 spiro atoms. The zero-order chi connectivity index (χ0) is 16.3. The lowest BCUT2D eigenvalue weighted by atomic mass is 9.65. The van der Waals surface area contributed by atoms with Gasteiger partial charge in [-0.1, -0.05) is 34.1 Å². The molecule has 1 aliphatic rings. The third kappa shape index (κ3) is 5.24. The lowest BCUT2D eigenvalue weighted by molar-refractivity contribution is 0.0922. The summed E-state index contributed by atoms with van der Waals surface area (Å²) in [6.45, 7) is 13.6. The van der Waals surface area contributed by atoms with E-state index in [9.17, 15) is 8.42 Å². The van der Waals surface area contributed by atoms with Crippen LogP contribution in [0.25, 0.3) is 0 Å². The molecule has 1 N–H and O–H groups in total. The van der Waals surface area contributed by atoms with Crippen molar-refractivity contribution in [2.75, 3.05) is 12.3 Å². The van der Waals surface area contributed by atoms with E-state index in [1.807, 2.05) is 0 Å². The zero-order valence-corrected chi connectivity index (χ0v) is 15.6. The highest BCUT2D eigenvalue weighted by atomic mass is 32.2. The van der Waals surface area contributed by atoms with Crippen molar-refractivity contribution in [2.24, 2.45) is 17.3 Å². The molecule has 3 nitrogen and oxygen atoms in total. The van der Waals surface area contributed by atoms with Gasteiger partial charge in [0, 0.05) is 6.04 Å². The average Bonchev–Trinajstić information content (AvgIpc) is 2.37. The first-order chi connectivity index (χ1) is 9.60. The highest BCUT2D eigenvalue weighted by molar-refractivity contribution is 7.91. The molecular weight excluding hydrogens is 282 g/mol. The molecule has 3 atom stereocenters. The van der Waals surface area contributed by atoms with E-state index in [0.29, 0.717) is 17.7 Å². The van der Waals surface area contributed by atoms with Crippen LogP contribution in [0.1, 0.15) is 67.2 Å². The SMILES string of the molecule is CCNC1CC(C)CCC1C(C)(C)CCS(=O)(=O)C(C)C. The molecule has 126 valence electrons. The predicted molar refractivity (Wildman–Crippen MR) is 91.3 cm³/mol. The molecule has 0 bridgehead atoms. The second-order valence-electron chi connectivity index (χ2n) is 7.84. The van der Waals surface area contributed by atoms with Crippen molar-refractivity contribution in [1.29, 1.82) is 0 Å². The second-order valence-corrected chi connectivity index (χ2v) is 10.5. The van der Waals surface area contributed by atoms with Gasteiger partial charge in [0.05, 0.1) is 11.0 Å². The minimum absolute atomic E-state index is 0.0783. The van der Waals surface area contributed by atoms with Gasteiger partial charge in [0.1, 0.15) is 0 Å². The Hall–Kier alpha value is -0.0900. The minimum atomic E-state index is -2.93. The van der Waals surface area contributed by atoms with Gasteiger partial charge in [0.25, 0.3) is 0 Å². The number of hydrogen-bond donors (Lipinski definition) is 1. The molecule has 0 aromatic heterocycles. The molecule has 0 saturated heterocycles. The Balaban J connectivity index is 2.75. The van der Waals surface area contributed by atoms with Crippen molar-refractivity contribution in [3.63, 3.8) is 0 Å². The summed E-state index contributed by atoms with van der Waals surface area (Å²) in [6, 6.07) is 0.538. The van der Waals surface area contributed by atoms with Crippen LogP contribution >= 0.6 is 0 Å². The maximum absolute atomic E-state index is 12.1. The summed E-state index contributed by atoms with van der Waals surface area (Å²) in [7, 11) is -2.93. The van der Waals surface area contributed by atoms with Gasteiger partial charge in [0.15, 0.2) is 9.84 Å². The van der Waals surface area contributed by atoms with Gasteiger partial charge in [-0.05, 0) is 56.9 Å². The number of rotatable bonds is 7. The first kappa shape index (κ1) is 19.0. The van der Waals surface area contributed by atoms with Crippen LogP contribution in [0, 0.1) is 17.3 Å². The number of hydrogen-bond acceptors (Lipinski definition) is 3. The first-order valence-electron chi connectivity index (χ1n) is 8.55. The molecule has 1 saturated carbocycles. The van der Waals surface area contributed by atoms with Gasteiger partial charge in [-0.15, -0.1) is 0 Å². The van der Waals surface area contributed by atoms with Crippen molar-refractivity contribution >= 4 is 9.84 Å². The van der Waals surface area contributed by atoms with Gasteiger partial charge in [-0.2, -0.15) is 0 Å². The van der Waals surface area contributed by atoms with Crippen LogP contribution in [0.2, 0.25) is 0 Å². The largest absolute Gasteiger partial charge is 0.314 e. The maximum Gasteiger partial charge on any atom is 0.152 e. The Kier molecular flexibility index (Phi) is 6.73. The van der Waals surface area contributed by atoms with E-state index in [2.05, 4.69) is 33.0 Å². The van der Waals surface area contributed by atoms with Crippen LogP contribution in [0.15, 0.2) is 0 Å². The topological polar surface area (TPSA) is 46.2 Å². The lowest BCUT2D eigenvalue weighted by Crippen LogP contribution is -2.47. The molecule has 1 rings (SSSR count). The quantitative estimate of drug-likeness (QED) is 0.780. The van der Waals surface area contributed by atoms with Crippen LogP contribution in [0.3, 0.4) is 0 Å². The molecule has 0 aromatic rings. The van der Waals surface area contributed by atoms with E-state index in [4.69, 9.17) is 0 Å². The minimum Gasteiger partial charge on any atom is -0.314 e. The van der Waals surface area contributed by atoms with Crippen molar-refractivity contribution in [3.8, 4) is 0 Å². The molecular formula is C17H35NO2S. The van der Waals surface area contributed by atoms with E-state index < -0.39 is 9.84 Å². The number of nitrogens with one attached hydrogen (secondary N) is 1. The third-order valence-electron chi connectivity index (χ3n) is 5.33. The Bertz CT molecular complexity index is 415. The molecule has 0 amide bonds. The van der Waals surface area contributed by atoms with Crippen LogP contribution in [-0.2, 0) is 9.84 Å². The van der Waals surface area contributed by atoms with Crippen LogP contribution in [0.4, 0.5) is 0 Å². The second kappa shape index (κ2) is 7.45. The zero-order valence-electron chi connectivity index (χ0n) is 14.8. The molecule has 0 heterocycles. The summed E-state index contributed by atoms with van der Waals surface area (Å²) in [5.74, 6) is 1.68. The fourth-order valence-electron chi connectivity index (χ4n) is 3.63. The van der Waals surface area contributed by atoms with Crippen molar-refractivity contribution in [2.45, 2.75) is 78.5 Å². The molecule has 1 aliphatic carbocycles. The Labute approximate surface area is 132 Å². The molecule has 1 fully saturated rings. The van der Waals surface area contributed by atoms with Crippen molar-refractivity contribution in [1.82, 2.24) is 5.32 Å². The van der Waals surface area contributed by atoms with E-state index in [1.54, 1.807) is 13.8 Å². The van der Waals surface area contributed by atoms with Crippen LogP contribution < -0.4 is 5.32 Å². The molecule has 3 unspecified atom stereocenters. The van der Waals surface area contributed by atoms with E-state index >= 15 is 0 Å². The molecule has 0 radical (unpaired) electrons. The number of sulfone groups is 1. The fraction of sp³-hybridized carbons (Fsp3) is 1.00. The highest BCUT2D eigenvalue weighted by Gasteiger charge is 2.39. The summed E-state index contributed by atoms with van der Waals surface area (Å²) >= 11 is 0. The highest BCUT2D eigenvalue weighted by Crippen LogP contribution is 2.42. The fourth-order valence-corrected chi connectivity index (χ4v) is 4.91. The standard InChI is InChI=1S/C17H35NO2S/c1-7-18-16-12-14(4)8-9-15(16)17(5,6)10-11-21(19,20)13(2)3/h13-16,18H,7-12H2,1-6H3. The monoisotopic (exact) mass is 317 g/mol. The third-order valence-corrected chi connectivity index (χ3v) is 7.54. The normalized spacial score (nSPS) is 28.0. The summed E-state index contributed by atoms with van der Waals surface area (Å²) in [4.78, 5) is 0. The molecule has 0 aromatic carbocycles. The average molecular weight is 318 g/mol. The van der Waals surface area contributed by atoms with Gasteiger partial charge < -0.3 is 5.32 Å². The van der Waals surface area contributed by atoms with E-state index in [1.165, 1.54) is 19.3 Å². The smallest absolute Gasteiger partial charge is 0.152 e. The van der Waals surface area contributed by atoms with Crippen molar-refractivity contribution < 1.29 is 8.42 Å². The first-order valence-corrected chi connectivity index (χ1v) is 10.3. The molecule has 4 heteroatoms. The summed E-state index contributed by atoms with van der Waals surface area (Å²) in [5.41, 5.74) is 0.0783. The van der Waals surface area contributed by atoms with E-state index in [0.717, 1.165) is 18.9 Å². The Morgan fingerprint density at radius 1 is 1.24 bits per heavy atom. The summed E-state index contributed by atoms with van der Waals surface area (Å²) in [5, 5.41) is 3.38. The molecule has 0 aliphatic heterocycles. The Morgan fingerprint density at radius 3 is 2.38 bits per heavy atom. The van der Waals surface area contributed by atoms with Gasteiger partial charge in [-0.3, -0.25) is 0 Å². The van der Waals surface area contributed by atoms with Crippen molar-refractivity contribution in [3.05, 3.63) is 0 Å².